The highest BCUT2D eigenvalue weighted by atomic mass is 35.5. The van der Waals surface area contributed by atoms with Gasteiger partial charge in [-0.2, -0.15) is 0 Å². The zero-order valence-electron chi connectivity index (χ0n) is 11.3. The van der Waals surface area contributed by atoms with Crippen LogP contribution in [0.15, 0.2) is 18.2 Å². The minimum atomic E-state index is -3.44. The molecule has 0 N–H and O–H groups in total. The molecule has 0 aliphatic heterocycles. The summed E-state index contributed by atoms with van der Waals surface area (Å²) in [5, 5.41) is 0.725. The molecule has 0 radical (unpaired) electrons. The van der Waals surface area contributed by atoms with Crippen molar-refractivity contribution in [3.05, 3.63) is 33.8 Å². The third-order valence-corrected chi connectivity index (χ3v) is 5.90. The Morgan fingerprint density at radius 2 is 1.80 bits per heavy atom. The van der Waals surface area contributed by atoms with Crippen LogP contribution in [-0.2, 0) is 18.4 Å². The number of carbonyl (C=O) groups excluding carboxylic acids is 1. The van der Waals surface area contributed by atoms with Crippen molar-refractivity contribution in [2.75, 3.05) is 13.2 Å². The van der Waals surface area contributed by atoms with Gasteiger partial charge in [0.25, 0.3) is 0 Å². The summed E-state index contributed by atoms with van der Waals surface area (Å²) in [6, 6.07) is 4.86. The van der Waals surface area contributed by atoms with Crippen LogP contribution in [0.3, 0.4) is 0 Å². The Kier molecular flexibility index (Phi) is 7.21. The molecule has 1 atom stereocenters. The van der Waals surface area contributed by atoms with Crippen LogP contribution in [0.2, 0.25) is 10.0 Å². The van der Waals surface area contributed by atoms with Crippen molar-refractivity contribution in [1.82, 2.24) is 0 Å². The highest BCUT2D eigenvalue weighted by molar-refractivity contribution is 7.54. The Bertz CT molecular complexity index is 497. The van der Waals surface area contributed by atoms with E-state index in [1.54, 1.807) is 32.0 Å². The standard InChI is InChI=1S/C13H17Cl2O4P/c1-3-18-20(17,19-4-2)13(7-8-16)10-5-6-11(14)12(15)9-10/h5-6,8-9,13H,3-4,7H2,1-2H3/t13-/m0/s1. The van der Waals surface area contributed by atoms with Crippen LogP contribution >= 0.6 is 30.8 Å². The maximum absolute atomic E-state index is 12.8. The highest BCUT2D eigenvalue weighted by Gasteiger charge is 2.36. The van der Waals surface area contributed by atoms with Crippen LogP contribution in [0.5, 0.6) is 0 Å². The molecule has 0 aliphatic carbocycles. The van der Waals surface area contributed by atoms with Crippen molar-refractivity contribution in [3.8, 4) is 0 Å². The topological polar surface area (TPSA) is 52.6 Å². The predicted octanol–water partition coefficient (Wildman–Crippen LogP) is 4.89. The van der Waals surface area contributed by atoms with Gasteiger partial charge in [0.05, 0.1) is 28.9 Å². The lowest BCUT2D eigenvalue weighted by Crippen LogP contribution is -2.07. The molecular weight excluding hydrogens is 322 g/mol. The molecule has 0 unspecified atom stereocenters. The fraction of sp³-hybridized carbons (Fsp3) is 0.462. The van der Waals surface area contributed by atoms with E-state index < -0.39 is 13.3 Å². The number of aldehydes is 1. The van der Waals surface area contributed by atoms with Crippen molar-refractivity contribution >= 4 is 37.1 Å². The summed E-state index contributed by atoms with van der Waals surface area (Å²) >= 11 is 11.8. The van der Waals surface area contributed by atoms with Crippen molar-refractivity contribution < 1.29 is 18.4 Å². The molecule has 1 aromatic carbocycles. The Hall–Kier alpha value is -0.380. The molecule has 0 saturated carbocycles. The lowest BCUT2D eigenvalue weighted by atomic mass is 10.1. The van der Waals surface area contributed by atoms with Gasteiger partial charge in [-0.3, -0.25) is 4.57 Å². The summed E-state index contributed by atoms with van der Waals surface area (Å²) in [5.74, 6) is 0. The van der Waals surface area contributed by atoms with Crippen molar-refractivity contribution in [2.45, 2.75) is 25.9 Å². The Morgan fingerprint density at radius 3 is 2.25 bits per heavy atom. The van der Waals surface area contributed by atoms with E-state index in [0.717, 1.165) is 0 Å². The SMILES string of the molecule is CCOP(=O)(OCC)[C@@H](CC=O)c1ccc(Cl)c(Cl)c1. The van der Waals surface area contributed by atoms with Gasteiger partial charge in [-0.05, 0) is 31.5 Å². The number of hydrogen-bond acceptors (Lipinski definition) is 4. The minimum Gasteiger partial charge on any atom is -0.308 e. The number of benzene rings is 1. The fourth-order valence-electron chi connectivity index (χ4n) is 1.84. The Balaban J connectivity index is 3.22. The van der Waals surface area contributed by atoms with Crippen molar-refractivity contribution in [3.63, 3.8) is 0 Å². The summed E-state index contributed by atoms with van der Waals surface area (Å²) in [5.41, 5.74) is -0.0774. The van der Waals surface area contributed by atoms with Gasteiger partial charge >= 0.3 is 7.60 Å². The number of rotatable bonds is 8. The van der Waals surface area contributed by atoms with Gasteiger partial charge in [-0.25, -0.2) is 0 Å². The highest BCUT2D eigenvalue weighted by Crippen LogP contribution is 2.62. The molecule has 0 saturated heterocycles. The summed E-state index contributed by atoms with van der Waals surface area (Å²) in [6.07, 6.45) is 0.715. The van der Waals surface area contributed by atoms with Crippen LogP contribution in [0.4, 0.5) is 0 Å². The van der Waals surface area contributed by atoms with E-state index in [-0.39, 0.29) is 19.6 Å². The van der Waals surface area contributed by atoms with E-state index in [9.17, 15) is 9.36 Å². The minimum absolute atomic E-state index is 0.0231. The Morgan fingerprint density at radius 1 is 1.20 bits per heavy atom. The third kappa shape index (κ3) is 4.31. The summed E-state index contributed by atoms with van der Waals surface area (Å²) in [7, 11) is -3.44. The van der Waals surface area contributed by atoms with E-state index in [2.05, 4.69) is 0 Å². The van der Waals surface area contributed by atoms with Crippen LogP contribution in [0.25, 0.3) is 0 Å². The molecule has 0 aliphatic rings. The summed E-state index contributed by atoms with van der Waals surface area (Å²) < 4.78 is 23.4. The van der Waals surface area contributed by atoms with Gasteiger partial charge in [0.15, 0.2) is 0 Å². The van der Waals surface area contributed by atoms with E-state index in [1.807, 2.05) is 0 Å². The van der Waals surface area contributed by atoms with Crippen LogP contribution in [-0.4, -0.2) is 19.5 Å². The van der Waals surface area contributed by atoms with Crippen molar-refractivity contribution in [1.29, 1.82) is 0 Å². The monoisotopic (exact) mass is 338 g/mol. The van der Waals surface area contributed by atoms with Gasteiger partial charge in [0.1, 0.15) is 6.29 Å². The maximum atomic E-state index is 12.8. The second kappa shape index (κ2) is 8.16. The van der Waals surface area contributed by atoms with Gasteiger partial charge < -0.3 is 13.8 Å². The molecule has 112 valence electrons. The van der Waals surface area contributed by atoms with Gasteiger partial charge in [-0.1, -0.05) is 29.3 Å². The smallest absolute Gasteiger partial charge is 0.308 e. The molecule has 0 spiro atoms. The first-order valence-corrected chi connectivity index (χ1v) is 8.62. The average molecular weight is 339 g/mol. The molecule has 20 heavy (non-hydrogen) atoms. The quantitative estimate of drug-likeness (QED) is 0.500. The van der Waals surface area contributed by atoms with Gasteiger partial charge in [0.2, 0.25) is 0 Å². The van der Waals surface area contributed by atoms with E-state index >= 15 is 0 Å². The normalized spacial score (nSPS) is 13.2. The molecule has 7 heteroatoms. The molecule has 0 fully saturated rings. The fourth-order valence-corrected chi connectivity index (χ4v) is 4.17. The molecule has 0 bridgehead atoms. The molecule has 0 amide bonds. The van der Waals surface area contributed by atoms with Crippen molar-refractivity contribution in [2.24, 2.45) is 0 Å². The van der Waals surface area contributed by atoms with E-state index in [4.69, 9.17) is 32.2 Å². The molecule has 1 rings (SSSR count). The van der Waals surface area contributed by atoms with Crippen LogP contribution < -0.4 is 0 Å². The zero-order chi connectivity index (χ0) is 15.2. The second-order valence-corrected chi connectivity index (χ2v) is 7.00. The average Bonchev–Trinajstić information content (AvgIpc) is 2.40. The lowest BCUT2D eigenvalue weighted by molar-refractivity contribution is -0.108. The van der Waals surface area contributed by atoms with Crippen LogP contribution in [0, 0.1) is 0 Å². The molecular formula is C13H17Cl2O4P. The first kappa shape index (κ1) is 17.7. The first-order valence-electron chi connectivity index (χ1n) is 6.25. The van der Waals surface area contributed by atoms with E-state index in [1.165, 1.54) is 0 Å². The molecule has 0 heterocycles. The predicted molar refractivity (Wildman–Crippen MR) is 80.7 cm³/mol. The largest absolute Gasteiger partial charge is 0.338 e. The molecule has 0 aromatic heterocycles. The third-order valence-electron chi connectivity index (χ3n) is 2.65. The number of hydrogen-bond donors (Lipinski definition) is 0. The number of carbonyl (C=O) groups is 1. The molecule has 1 aromatic rings. The Labute approximate surface area is 128 Å². The van der Waals surface area contributed by atoms with E-state index in [0.29, 0.717) is 21.9 Å². The first-order chi connectivity index (χ1) is 9.48. The van der Waals surface area contributed by atoms with Gasteiger partial charge in [0, 0.05) is 6.42 Å². The van der Waals surface area contributed by atoms with Crippen LogP contribution in [0.1, 0.15) is 31.5 Å². The van der Waals surface area contributed by atoms with Gasteiger partial charge in [-0.15, -0.1) is 0 Å². The summed E-state index contributed by atoms with van der Waals surface area (Å²) in [4.78, 5) is 10.9. The number of halogens is 2. The lowest BCUT2D eigenvalue weighted by Gasteiger charge is -2.25. The summed E-state index contributed by atoms with van der Waals surface area (Å²) in [6.45, 7) is 3.90. The maximum Gasteiger partial charge on any atom is 0.338 e. The zero-order valence-corrected chi connectivity index (χ0v) is 13.8. The second-order valence-electron chi connectivity index (χ2n) is 3.97. The molecule has 4 nitrogen and oxygen atoms in total.